The number of nitrogens with one attached hydrogen (secondary N) is 1. The fourth-order valence-electron chi connectivity index (χ4n) is 1.53. The molecule has 0 aliphatic carbocycles. The summed E-state index contributed by atoms with van der Waals surface area (Å²) in [6, 6.07) is 3.70. The summed E-state index contributed by atoms with van der Waals surface area (Å²) in [6.45, 7) is 4.93. The van der Waals surface area contributed by atoms with E-state index in [-0.39, 0.29) is 21.9 Å². The maximum atomic E-state index is 12.9. The van der Waals surface area contributed by atoms with Gasteiger partial charge in [0.2, 0.25) is 0 Å². The maximum Gasteiger partial charge on any atom is 0.252 e. The lowest BCUT2D eigenvalue weighted by atomic mass is 9.95. The van der Waals surface area contributed by atoms with Gasteiger partial charge in [-0.05, 0) is 18.2 Å². The van der Waals surface area contributed by atoms with Gasteiger partial charge in [-0.15, -0.1) is 0 Å². The second-order valence-corrected chi connectivity index (χ2v) is 5.31. The van der Waals surface area contributed by atoms with Crippen molar-refractivity contribution in [2.75, 3.05) is 20.3 Å². The van der Waals surface area contributed by atoms with Crippen LogP contribution in [-0.2, 0) is 4.74 Å². The van der Waals surface area contributed by atoms with Crippen molar-refractivity contribution in [3.63, 3.8) is 0 Å². The SMILES string of the molecule is COCC(C)(C)CNC(=O)c1ccc(F)cc1Cl. The molecule has 0 spiro atoms. The number of ether oxygens (including phenoxy) is 1. The Labute approximate surface area is 111 Å². The molecule has 1 N–H and O–H groups in total. The summed E-state index contributed by atoms with van der Waals surface area (Å²) in [5.74, 6) is -0.777. The van der Waals surface area contributed by atoms with Gasteiger partial charge >= 0.3 is 0 Å². The molecule has 5 heteroatoms. The van der Waals surface area contributed by atoms with Crippen molar-refractivity contribution in [3.8, 4) is 0 Å². The Balaban J connectivity index is 2.66. The minimum atomic E-state index is -0.462. The van der Waals surface area contributed by atoms with Gasteiger partial charge < -0.3 is 10.1 Å². The zero-order valence-electron chi connectivity index (χ0n) is 10.7. The van der Waals surface area contributed by atoms with Gasteiger partial charge in [0.15, 0.2) is 0 Å². The molecule has 1 rings (SSSR count). The van der Waals surface area contributed by atoms with Crippen molar-refractivity contribution in [1.29, 1.82) is 0 Å². The predicted molar refractivity (Wildman–Crippen MR) is 69.4 cm³/mol. The monoisotopic (exact) mass is 273 g/mol. The first-order chi connectivity index (χ1) is 8.35. The summed E-state index contributed by atoms with van der Waals surface area (Å²) in [5, 5.41) is 2.87. The summed E-state index contributed by atoms with van der Waals surface area (Å²) in [7, 11) is 1.61. The van der Waals surface area contributed by atoms with Gasteiger partial charge in [0, 0.05) is 19.1 Å². The molecular formula is C13H17ClFNO2. The minimum absolute atomic E-state index is 0.108. The van der Waals surface area contributed by atoms with Gasteiger partial charge in [0.1, 0.15) is 5.82 Å². The molecular weight excluding hydrogens is 257 g/mol. The summed E-state index contributed by atoms with van der Waals surface area (Å²) >= 11 is 5.81. The third-order valence-corrected chi connectivity index (χ3v) is 2.75. The standard InChI is InChI=1S/C13H17ClFNO2/c1-13(2,8-18-3)7-16-12(17)10-5-4-9(15)6-11(10)14/h4-6H,7-8H2,1-3H3,(H,16,17). The van der Waals surface area contributed by atoms with E-state index in [1.54, 1.807) is 7.11 Å². The van der Waals surface area contributed by atoms with Crippen LogP contribution in [0.4, 0.5) is 4.39 Å². The van der Waals surface area contributed by atoms with Crippen LogP contribution in [-0.4, -0.2) is 26.2 Å². The molecule has 0 atom stereocenters. The van der Waals surface area contributed by atoms with E-state index in [9.17, 15) is 9.18 Å². The van der Waals surface area contributed by atoms with E-state index in [0.717, 1.165) is 6.07 Å². The summed E-state index contributed by atoms with van der Waals surface area (Å²) in [4.78, 5) is 11.9. The molecule has 0 fully saturated rings. The van der Waals surface area contributed by atoms with Crippen molar-refractivity contribution in [1.82, 2.24) is 5.32 Å². The van der Waals surface area contributed by atoms with Gasteiger partial charge in [-0.25, -0.2) is 4.39 Å². The molecule has 0 unspecified atom stereocenters. The Morgan fingerprint density at radius 1 is 1.50 bits per heavy atom. The smallest absolute Gasteiger partial charge is 0.252 e. The third-order valence-electron chi connectivity index (χ3n) is 2.44. The van der Waals surface area contributed by atoms with Crippen molar-refractivity contribution >= 4 is 17.5 Å². The Morgan fingerprint density at radius 3 is 2.72 bits per heavy atom. The molecule has 0 saturated carbocycles. The molecule has 0 aromatic heterocycles. The van der Waals surface area contributed by atoms with Crippen molar-refractivity contribution in [2.45, 2.75) is 13.8 Å². The van der Waals surface area contributed by atoms with Gasteiger partial charge in [-0.2, -0.15) is 0 Å². The van der Waals surface area contributed by atoms with Crippen LogP contribution < -0.4 is 5.32 Å². The molecule has 100 valence electrons. The van der Waals surface area contributed by atoms with E-state index in [1.165, 1.54) is 12.1 Å². The zero-order chi connectivity index (χ0) is 13.8. The Morgan fingerprint density at radius 2 is 2.17 bits per heavy atom. The number of hydrogen-bond donors (Lipinski definition) is 1. The fraction of sp³-hybridized carbons (Fsp3) is 0.462. The number of rotatable bonds is 5. The number of halogens is 2. The first kappa shape index (κ1) is 14.9. The van der Waals surface area contributed by atoms with Crippen LogP contribution in [0.15, 0.2) is 18.2 Å². The van der Waals surface area contributed by atoms with E-state index in [2.05, 4.69) is 5.32 Å². The van der Waals surface area contributed by atoms with Gasteiger partial charge in [0.05, 0.1) is 17.2 Å². The first-order valence-electron chi connectivity index (χ1n) is 5.58. The van der Waals surface area contributed by atoms with Crippen LogP contribution in [0, 0.1) is 11.2 Å². The molecule has 0 heterocycles. The third kappa shape index (κ3) is 4.27. The molecule has 18 heavy (non-hydrogen) atoms. The minimum Gasteiger partial charge on any atom is -0.384 e. The summed E-state index contributed by atoms with van der Waals surface area (Å²) in [6.07, 6.45) is 0. The fourth-order valence-corrected chi connectivity index (χ4v) is 1.78. The average Bonchev–Trinajstić information content (AvgIpc) is 2.26. The van der Waals surface area contributed by atoms with Crippen LogP contribution in [0.25, 0.3) is 0 Å². The lowest BCUT2D eigenvalue weighted by Crippen LogP contribution is -2.36. The average molecular weight is 274 g/mol. The van der Waals surface area contributed by atoms with E-state index >= 15 is 0 Å². The maximum absolute atomic E-state index is 12.9. The number of amides is 1. The molecule has 1 aromatic carbocycles. The van der Waals surface area contributed by atoms with Crippen molar-refractivity contribution in [2.24, 2.45) is 5.41 Å². The highest BCUT2D eigenvalue weighted by Gasteiger charge is 2.20. The Hall–Kier alpha value is -1.13. The van der Waals surface area contributed by atoms with Gasteiger partial charge in [0.25, 0.3) is 5.91 Å². The van der Waals surface area contributed by atoms with E-state index in [4.69, 9.17) is 16.3 Å². The Kier molecular flexibility index (Phi) is 5.11. The van der Waals surface area contributed by atoms with Crippen molar-refractivity contribution < 1.29 is 13.9 Å². The van der Waals surface area contributed by atoms with Gasteiger partial charge in [-0.1, -0.05) is 25.4 Å². The summed E-state index contributed by atoms with van der Waals surface area (Å²) < 4.78 is 17.9. The molecule has 0 radical (unpaired) electrons. The van der Waals surface area contributed by atoms with E-state index in [0.29, 0.717) is 13.2 Å². The predicted octanol–water partition coefficient (Wildman–Crippen LogP) is 2.88. The number of carbonyl (C=O) groups excluding carboxylic acids is 1. The van der Waals surface area contributed by atoms with Crippen LogP contribution >= 0.6 is 11.6 Å². The number of hydrogen-bond acceptors (Lipinski definition) is 2. The van der Waals surface area contributed by atoms with Crippen LogP contribution in [0.5, 0.6) is 0 Å². The van der Waals surface area contributed by atoms with E-state index in [1.807, 2.05) is 13.8 Å². The molecule has 0 aliphatic heterocycles. The first-order valence-corrected chi connectivity index (χ1v) is 5.96. The van der Waals surface area contributed by atoms with Crippen LogP contribution in [0.2, 0.25) is 5.02 Å². The molecule has 1 aromatic rings. The normalized spacial score (nSPS) is 11.4. The van der Waals surface area contributed by atoms with Crippen LogP contribution in [0.3, 0.4) is 0 Å². The molecule has 1 amide bonds. The lowest BCUT2D eigenvalue weighted by Gasteiger charge is -2.23. The van der Waals surface area contributed by atoms with Crippen LogP contribution in [0.1, 0.15) is 24.2 Å². The quantitative estimate of drug-likeness (QED) is 0.896. The summed E-state index contributed by atoms with van der Waals surface area (Å²) in [5.41, 5.74) is 0.1000. The van der Waals surface area contributed by atoms with Crippen molar-refractivity contribution in [3.05, 3.63) is 34.6 Å². The molecule has 0 saturated heterocycles. The highest BCUT2D eigenvalue weighted by atomic mass is 35.5. The topological polar surface area (TPSA) is 38.3 Å². The molecule has 3 nitrogen and oxygen atoms in total. The molecule has 0 aliphatic rings. The number of carbonyl (C=O) groups is 1. The lowest BCUT2D eigenvalue weighted by molar-refractivity contribution is 0.0847. The number of benzene rings is 1. The zero-order valence-corrected chi connectivity index (χ0v) is 11.5. The number of methoxy groups -OCH3 is 1. The van der Waals surface area contributed by atoms with E-state index < -0.39 is 5.82 Å². The second kappa shape index (κ2) is 6.16. The highest BCUT2D eigenvalue weighted by molar-refractivity contribution is 6.33. The highest BCUT2D eigenvalue weighted by Crippen LogP contribution is 2.18. The Bertz CT molecular complexity index is 435. The largest absolute Gasteiger partial charge is 0.384 e. The molecule has 0 bridgehead atoms. The van der Waals surface area contributed by atoms with Gasteiger partial charge in [-0.3, -0.25) is 4.79 Å². The second-order valence-electron chi connectivity index (χ2n) is 4.90.